The van der Waals surface area contributed by atoms with Gasteiger partial charge >= 0.3 is 7.60 Å². The van der Waals surface area contributed by atoms with E-state index in [9.17, 15) is 14.4 Å². The first-order chi connectivity index (χ1) is 22.5. The summed E-state index contributed by atoms with van der Waals surface area (Å²) in [4.78, 5) is 18.7. The molecule has 6 heteroatoms. The second kappa shape index (κ2) is 37.9. The highest BCUT2D eigenvalue weighted by Crippen LogP contribution is 2.35. The van der Waals surface area contributed by atoms with Gasteiger partial charge in [0.25, 0.3) is 0 Å². The molecule has 0 aromatic heterocycles. The monoisotopic (exact) mass is 675 g/mol. The molecule has 1 atom stereocenters. The molecule has 0 rings (SSSR count). The van der Waals surface area contributed by atoms with Crippen LogP contribution in [0.2, 0.25) is 0 Å². The molecule has 0 saturated carbocycles. The molecule has 0 saturated heterocycles. The Hall–Kier alpha value is 0.0700. The van der Waals surface area contributed by atoms with Gasteiger partial charge in [-0.15, -0.1) is 0 Å². The maximum atomic E-state index is 11.4. The van der Waals surface area contributed by atoms with Gasteiger partial charge in [0.1, 0.15) is 0 Å². The molecule has 0 aliphatic heterocycles. The van der Waals surface area contributed by atoms with Crippen molar-refractivity contribution in [1.29, 1.82) is 0 Å². The number of ether oxygens (including phenoxy) is 2. The second-order valence-electron chi connectivity index (χ2n) is 14.4. The van der Waals surface area contributed by atoms with Gasteiger partial charge in [0.2, 0.25) is 0 Å². The SMILES string of the molecule is CCCCCCCCCCCCCCCCCCOCC(CCP(=O)(O)O)OCCCCCCCCCCCCCCCCCC. The lowest BCUT2D eigenvalue weighted by Gasteiger charge is -2.18. The summed E-state index contributed by atoms with van der Waals surface area (Å²) in [6.45, 7) is 6.38. The van der Waals surface area contributed by atoms with Crippen molar-refractivity contribution in [2.45, 2.75) is 232 Å². The summed E-state index contributed by atoms with van der Waals surface area (Å²) in [6.07, 6.45) is 43.3. The Morgan fingerprint density at radius 1 is 0.435 bits per heavy atom. The van der Waals surface area contributed by atoms with E-state index in [0.29, 0.717) is 26.2 Å². The first-order valence-corrected chi connectivity index (χ1v) is 22.5. The second-order valence-corrected chi connectivity index (χ2v) is 16.1. The first kappa shape index (κ1) is 46.1. The van der Waals surface area contributed by atoms with Crippen molar-refractivity contribution >= 4 is 7.60 Å². The summed E-state index contributed by atoms with van der Waals surface area (Å²) in [5.74, 6) is 0. The van der Waals surface area contributed by atoms with Gasteiger partial charge in [-0.1, -0.05) is 206 Å². The molecule has 0 heterocycles. The van der Waals surface area contributed by atoms with Gasteiger partial charge in [0.15, 0.2) is 0 Å². The third-order valence-electron chi connectivity index (χ3n) is 9.54. The molecular weight excluding hydrogens is 591 g/mol. The minimum atomic E-state index is -4.01. The zero-order chi connectivity index (χ0) is 33.7. The Kier molecular flexibility index (Phi) is 37.9. The molecule has 0 aliphatic carbocycles. The van der Waals surface area contributed by atoms with Crippen molar-refractivity contribution in [1.82, 2.24) is 0 Å². The molecule has 46 heavy (non-hydrogen) atoms. The fourth-order valence-corrected chi connectivity index (χ4v) is 7.02. The van der Waals surface area contributed by atoms with Crippen molar-refractivity contribution in [2.24, 2.45) is 0 Å². The molecule has 0 radical (unpaired) electrons. The van der Waals surface area contributed by atoms with Crippen molar-refractivity contribution in [2.75, 3.05) is 26.0 Å². The van der Waals surface area contributed by atoms with Crippen LogP contribution in [0.25, 0.3) is 0 Å². The molecule has 0 aromatic rings. The third-order valence-corrected chi connectivity index (χ3v) is 10.4. The summed E-state index contributed by atoms with van der Waals surface area (Å²) in [6, 6.07) is 0. The Bertz CT molecular complexity index is 610. The van der Waals surface area contributed by atoms with E-state index in [1.54, 1.807) is 0 Å². The summed E-state index contributed by atoms with van der Waals surface area (Å²) >= 11 is 0. The number of rotatable bonds is 40. The van der Waals surface area contributed by atoms with Crippen LogP contribution in [-0.4, -0.2) is 41.9 Å². The summed E-state index contributed by atoms with van der Waals surface area (Å²) in [5.41, 5.74) is 0. The lowest BCUT2D eigenvalue weighted by molar-refractivity contribution is -0.0201. The van der Waals surface area contributed by atoms with Crippen molar-refractivity contribution in [3.63, 3.8) is 0 Å². The maximum Gasteiger partial charge on any atom is 0.325 e. The first-order valence-electron chi connectivity index (χ1n) is 20.7. The van der Waals surface area contributed by atoms with Crippen LogP contribution in [0.1, 0.15) is 226 Å². The molecule has 0 aromatic carbocycles. The van der Waals surface area contributed by atoms with E-state index >= 15 is 0 Å². The van der Waals surface area contributed by atoms with Crippen LogP contribution in [0.15, 0.2) is 0 Å². The Labute approximate surface area is 288 Å². The van der Waals surface area contributed by atoms with Crippen molar-refractivity contribution in [3.8, 4) is 0 Å². The van der Waals surface area contributed by atoms with Crippen LogP contribution in [0.4, 0.5) is 0 Å². The molecule has 1 unspecified atom stereocenters. The van der Waals surface area contributed by atoms with E-state index < -0.39 is 7.60 Å². The quantitative estimate of drug-likeness (QED) is 0.0500. The topological polar surface area (TPSA) is 76.0 Å². The smallest absolute Gasteiger partial charge is 0.325 e. The fourth-order valence-electron chi connectivity index (χ4n) is 6.39. The van der Waals surface area contributed by atoms with Gasteiger partial charge in [-0.05, 0) is 19.3 Å². The number of unbranched alkanes of at least 4 members (excludes halogenated alkanes) is 30. The van der Waals surface area contributed by atoms with Gasteiger partial charge < -0.3 is 19.3 Å². The maximum absolute atomic E-state index is 11.4. The van der Waals surface area contributed by atoms with E-state index in [0.717, 1.165) is 12.8 Å². The molecule has 0 spiro atoms. The average Bonchev–Trinajstić information content (AvgIpc) is 3.03. The zero-order valence-corrected chi connectivity index (χ0v) is 32.2. The molecule has 0 bridgehead atoms. The molecule has 2 N–H and O–H groups in total. The Morgan fingerprint density at radius 2 is 0.717 bits per heavy atom. The van der Waals surface area contributed by atoms with Crippen LogP contribution in [-0.2, 0) is 14.0 Å². The standard InChI is InChI=1S/C40H83O5P/c1-3-5-7-9-11-13-15-17-19-21-23-25-27-29-31-33-36-44-39-40(35-38-46(41,42)43)45-37-34-32-30-28-26-24-22-20-18-16-14-12-10-8-6-4-2/h40H,3-39H2,1-2H3,(H2,41,42,43). The van der Waals surface area contributed by atoms with E-state index in [4.69, 9.17) is 9.47 Å². The lowest BCUT2D eigenvalue weighted by atomic mass is 10.0. The molecule has 5 nitrogen and oxygen atoms in total. The van der Waals surface area contributed by atoms with E-state index in [2.05, 4.69) is 13.8 Å². The van der Waals surface area contributed by atoms with E-state index in [1.165, 1.54) is 193 Å². The van der Waals surface area contributed by atoms with Crippen molar-refractivity contribution in [3.05, 3.63) is 0 Å². The zero-order valence-electron chi connectivity index (χ0n) is 31.3. The van der Waals surface area contributed by atoms with E-state index in [-0.39, 0.29) is 12.3 Å². The van der Waals surface area contributed by atoms with Crippen LogP contribution in [0.3, 0.4) is 0 Å². The van der Waals surface area contributed by atoms with Crippen LogP contribution < -0.4 is 0 Å². The average molecular weight is 675 g/mol. The Balaban J connectivity index is 3.62. The number of hydrogen-bond acceptors (Lipinski definition) is 3. The third kappa shape index (κ3) is 40.2. The predicted octanol–water partition coefficient (Wildman–Crippen LogP) is 13.5. The van der Waals surface area contributed by atoms with Gasteiger partial charge in [-0.25, -0.2) is 0 Å². The van der Waals surface area contributed by atoms with Gasteiger partial charge in [-0.2, -0.15) is 0 Å². The van der Waals surface area contributed by atoms with Gasteiger partial charge in [-0.3, -0.25) is 4.57 Å². The van der Waals surface area contributed by atoms with Crippen LogP contribution in [0.5, 0.6) is 0 Å². The van der Waals surface area contributed by atoms with Crippen LogP contribution in [0, 0.1) is 0 Å². The van der Waals surface area contributed by atoms with Gasteiger partial charge in [0.05, 0.1) is 18.9 Å². The summed E-state index contributed by atoms with van der Waals surface area (Å²) in [5, 5.41) is 0. The minimum Gasteiger partial charge on any atom is -0.379 e. The summed E-state index contributed by atoms with van der Waals surface area (Å²) < 4.78 is 23.3. The molecule has 0 aliphatic rings. The van der Waals surface area contributed by atoms with Crippen molar-refractivity contribution < 1.29 is 23.8 Å². The van der Waals surface area contributed by atoms with Gasteiger partial charge in [0, 0.05) is 13.2 Å². The Morgan fingerprint density at radius 3 is 1.02 bits per heavy atom. The van der Waals surface area contributed by atoms with E-state index in [1.807, 2.05) is 0 Å². The molecule has 0 fully saturated rings. The molecular formula is C40H83O5P. The largest absolute Gasteiger partial charge is 0.379 e. The highest BCUT2D eigenvalue weighted by Gasteiger charge is 2.18. The number of hydrogen-bond donors (Lipinski definition) is 2. The normalized spacial score (nSPS) is 12.7. The molecule has 0 amide bonds. The molecule has 278 valence electrons. The van der Waals surface area contributed by atoms with Crippen LogP contribution >= 0.6 is 7.60 Å². The minimum absolute atomic E-state index is 0.126. The highest BCUT2D eigenvalue weighted by atomic mass is 31.2. The fraction of sp³-hybridized carbons (Fsp3) is 1.00. The lowest BCUT2D eigenvalue weighted by Crippen LogP contribution is -2.22. The summed E-state index contributed by atoms with van der Waals surface area (Å²) in [7, 11) is -4.01. The predicted molar refractivity (Wildman–Crippen MR) is 201 cm³/mol. The highest BCUT2D eigenvalue weighted by molar-refractivity contribution is 7.51.